The summed E-state index contributed by atoms with van der Waals surface area (Å²) in [5, 5.41) is 2.78. The number of unbranched alkanes of at least 4 members (excludes halogenated alkanes) is 11. The molecule has 2 amide bonds. The standard InChI is InChI=1S/C17H34N2O/c1-3-5-6-7-8-9-10-11-12-13-14-15-16-19-17(20)18-4-2/h4H,3,5-16H2,1-2H3,(H,19,20). The van der Waals surface area contributed by atoms with Crippen LogP contribution in [0.5, 0.6) is 0 Å². The molecule has 0 spiro atoms. The van der Waals surface area contributed by atoms with E-state index < -0.39 is 0 Å². The molecule has 3 heteroatoms. The van der Waals surface area contributed by atoms with E-state index in [0.29, 0.717) is 0 Å². The zero-order chi connectivity index (χ0) is 14.9. The summed E-state index contributed by atoms with van der Waals surface area (Å²) >= 11 is 0. The van der Waals surface area contributed by atoms with Crippen molar-refractivity contribution in [1.29, 1.82) is 0 Å². The second-order valence-electron chi connectivity index (χ2n) is 5.51. The third-order valence-electron chi connectivity index (χ3n) is 3.55. The largest absolute Gasteiger partial charge is 0.340 e. The van der Waals surface area contributed by atoms with Crippen molar-refractivity contribution in [3.8, 4) is 0 Å². The molecule has 0 heterocycles. The van der Waals surface area contributed by atoms with Crippen molar-refractivity contribution in [1.82, 2.24) is 5.32 Å². The van der Waals surface area contributed by atoms with Crippen LogP contribution in [0.15, 0.2) is 4.99 Å². The Balaban J connectivity index is 3.04. The molecule has 0 aliphatic heterocycles. The predicted octanol–water partition coefficient (Wildman–Crippen LogP) is 5.49. The number of nitrogens with zero attached hydrogens (tertiary/aromatic N) is 1. The molecule has 3 nitrogen and oxygen atoms in total. The molecule has 0 fully saturated rings. The zero-order valence-corrected chi connectivity index (χ0v) is 13.6. The molecule has 0 saturated carbocycles. The van der Waals surface area contributed by atoms with Gasteiger partial charge in [-0.15, -0.1) is 0 Å². The first-order chi connectivity index (χ1) is 9.81. The molecule has 0 aromatic heterocycles. The van der Waals surface area contributed by atoms with E-state index in [0.717, 1.165) is 13.0 Å². The summed E-state index contributed by atoms with van der Waals surface area (Å²) in [4.78, 5) is 14.7. The van der Waals surface area contributed by atoms with Crippen LogP contribution in [-0.4, -0.2) is 18.8 Å². The monoisotopic (exact) mass is 282 g/mol. The first kappa shape index (κ1) is 19.1. The maximum atomic E-state index is 11.0. The number of carbonyl (C=O) groups is 1. The lowest BCUT2D eigenvalue weighted by atomic mass is 10.1. The van der Waals surface area contributed by atoms with E-state index in [2.05, 4.69) is 17.2 Å². The highest BCUT2D eigenvalue weighted by atomic mass is 16.2. The van der Waals surface area contributed by atoms with E-state index in [1.165, 1.54) is 76.8 Å². The van der Waals surface area contributed by atoms with E-state index in [4.69, 9.17) is 0 Å². The van der Waals surface area contributed by atoms with Crippen molar-refractivity contribution in [2.24, 2.45) is 4.99 Å². The van der Waals surface area contributed by atoms with Crippen molar-refractivity contribution in [3.05, 3.63) is 0 Å². The van der Waals surface area contributed by atoms with E-state index in [-0.39, 0.29) is 6.03 Å². The molecule has 0 unspecified atom stereocenters. The van der Waals surface area contributed by atoms with Gasteiger partial charge in [0.05, 0.1) is 0 Å². The molecular weight excluding hydrogens is 248 g/mol. The van der Waals surface area contributed by atoms with E-state index in [1.807, 2.05) is 0 Å². The Morgan fingerprint density at radius 2 is 1.30 bits per heavy atom. The Morgan fingerprint density at radius 3 is 1.75 bits per heavy atom. The van der Waals surface area contributed by atoms with Gasteiger partial charge in [0.2, 0.25) is 0 Å². The first-order valence-electron chi connectivity index (χ1n) is 8.57. The van der Waals surface area contributed by atoms with Gasteiger partial charge in [-0.05, 0) is 13.3 Å². The van der Waals surface area contributed by atoms with Gasteiger partial charge in [0, 0.05) is 12.8 Å². The van der Waals surface area contributed by atoms with E-state index >= 15 is 0 Å². The van der Waals surface area contributed by atoms with Crippen LogP contribution in [0.2, 0.25) is 0 Å². The van der Waals surface area contributed by atoms with Crippen LogP contribution in [-0.2, 0) is 0 Å². The Kier molecular flexibility index (Phi) is 15.5. The molecule has 0 aromatic carbocycles. The minimum atomic E-state index is -0.212. The minimum Gasteiger partial charge on any atom is -0.336 e. The molecule has 20 heavy (non-hydrogen) atoms. The van der Waals surface area contributed by atoms with Crippen molar-refractivity contribution >= 4 is 12.2 Å². The molecule has 0 aliphatic rings. The fourth-order valence-electron chi connectivity index (χ4n) is 2.32. The van der Waals surface area contributed by atoms with Gasteiger partial charge < -0.3 is 5.32 Å². The molecule has 1 N–H and O–H groups in total. The number of nitrogens with one attached hydrogen (secondary N) is 1. The van der Waals surface area contributed by atoms with Gasteiger partial charge in [0.1, 0.15) is 0 Å². The summed E-state index contributed by atoms with van der Waals surface area (Å²) in [5.74, 6) is 0. The van der Waals surface area contributed by atoms with Crippen molar-refractivity contribution in [2.45, 2.75) is 90.9 Å². The molecule has 0 saturated heterocycles. The third kappa shape index (κ3) is 15.2. The Labute approximate surface area is 125 Å². The average Bonchev–Trinajstić information content (AvgIpc) is 2.44. The highest BCUT2D eigenvalue weighted by Gasteiger charge is 1.95. The van der Waals surface area contributed by atoms with Gasteiger partial charge in [0.15, 0.2) is 0 Å². The molecule has 0 aromatic rings. The van der Waals surface area contributed by atoms with Gasteiger partial charge in [-0.25, -0.2) is 9.79 Å². The fourth-order valence-corrected chi connectivity index (χ4v) is 2.32. The smallest absolute Gasteiger partial charge is 0.336 e. The fraction of sp³-hybridized carbons (Fsp3) is 0.882. The van der Waals surface area contributed by atoms with Crippen LogP contribution in [0, 0.1) is 0 Å². The quantitative estimate of drug-likeness (QED) is 0.352. The summed E-state index contributed by atoms with van der Waals surface area (Å²) in [7, 11) is 0. The van der Waals surface area contributed by atoms with Gasteiger partial charge >= 0.3 is 6.03 Å². The number of amides is 2. The second kappa shape index (κ2) is 16.2. The van der Waals surface area contributed by atoms with E-state index in [9.17, 15) is 4.79 Å². The van der Waals surface area contributed by atoms with Crippen LogP contribution in [0.25, 0.3) is 0 Å². The zero-order valence-electron chi connectivity index (χ0n) is 13.6. The number of hydrogen-bond acceptors (Lipinski definition) is 1. The first-order valence-corrected chi connectivity index (χ1v) is 8.57. The molecular formula is C17H34N2O. The normalized spacial score (nSPS) is 11.1. The average molecular weight is 282 g/mol. The van der Waals surface area contributed by atoms with Crippen LogP contribution in [0.1, 0.15) is 90.9 Å². The number of aliphatic imine (C=N–C) groups is 1. The molecule has 0 bridgehead atoms. The highest BCUT2D eigenvalue weighted by molar-refractivity contribution is 5.82. The van der Waals surface area contributed by atoms with Gasteiger partial charge in [-0.3, -0.25) is 0 Å². The Morgan fingerprint density at radius 1 is 0.850 bits per heavy atom. The SMILES string of the molecule is CC=NC(=O)NCCCCCCCCCCCCCC. The number of rotatable bonds is 13. The predicted molar refractivity (Wildman–Crippen MR) is 88.6 cm³/mol. The van der Waals surface area contributed by atoms with Gasteiger partial charge in [0.25, 0.3) is 0 Å². The lowest BCUT2D eigenvalue weighted by molar-refractivity contribution is 0.249. The van der Waals surface area contributed by atoms with Crippen molar-refractivity contribution < 1.29 is 4.79 Å². The van der Waals surface area contributed by atoms with Crippen LogP contribution in [0.3, 0.4) is 0 Å². The maximum absolute atomic E-state index is 11.0. The summed E-state index contributed by atoms with van der Waals surface area (Å²) in [6.45, 7) is 4.78. The van der Waals surface area contributed by atoms with Crippen LogP contribution < -0.4 is 5.32 Å². The topological polar surface area (TPSA) is 41.5 Å². The second-order valence-corrected chi connectivity index (χ2v) is 5.51. The molecule has 0 atom stereocenters. The van der Waals surface area contributed by atoms with Crippen LogP contribution >= 0.6 is 0 Å². The number of carbonyl (C=O) groups excluding carboxylic acids is 1. The van der Waals surface area contributed by atoms with E-state index in [1.54, 1.807) is 6.92 Å². The third-order valence-corrected chi connectivity index (χ3v) is 3.55. The number of urea groups is 1. The Bertz CT molecular complexity index is 239. The van der Waals surface area contributed by atoms with Crippen molar-refractivity contribution in [2.75, 3.05) is 6.54 Å². The molecule has 118 valence electrons. The van der Waals surface area contributed by atoms with Gasteiger partial charge in [-0.1, -0.05) is 77.6 Å². The summed E-state index contributed by atoms with van der Waals surface area (Å²) in [5.41, 5.74) is 0. The van der Waals surface area contributed by atoms with Gasteiger partial charge in [-0.2, -0.15) is 0 Å². The lowest BCUT2D eigenvalue weighted by Crippen LogP contribution is -2.20. The lowest BCUT2D eigenvalue weighted by Gasteiger charge is -2.03. The summed E-state index contributed by atoms with van der Waals surface area (Å²) in [6, 6.07) is -0.212. The molecule has 0 aliphatic carbocycles. The summed E-state index contributed by atoms with van der Waals surface area (Å²) < 4.78 is 0. The molecule has 0 rings (SSSR count). The molecule has 0 radical (unpaired) electrons. The minimum absolute atomic E-state index is 0.212. The van der Waals surface area contributed by atoms with Crippen LogP contribution in [0.4, 0.5) is 4.79 Å². The number of hydrogen-bond donors (Lipinski definition) is 1. The summed E-state index contributed by atoms with van der Waals surface area (Å²) in [6.07, 6.45) is 17.6. The maximum Gasteiger partial charge on any atom is 0.340 e. The van der Waals surface area contributed by atoms with Crippen molar-refractivity contribution in [3.63, 3.8) is 0 Å². The highest BCUT2D eigenvalue weighted by Crippen LogP contribution is 2.11. The Hall–Kier alpha value is -0.860.